The summed E-state index contributed by atoms with van der Waals surface area (Å²) in [6, 6.07) is 5.26. The van der Waals surface area contributed by atoms with Gasteiger partial charge in [-0.25, -0.2) is 9.18 Å². The number of amides is 2. The molecule has 9 heteroatoms. The van der Waals surface area contributed by atoms with Crippen molar-refractivity contribution in [2.24, 2.45) is 0 Å². The van der Waals surface area contributed by atoms with Gasteiger partial charge in [0.2, 0.25) is 5.76 Å². The molecule has 1 aliphatic heterocycles. The summed E-state index contributed by atoms with van der Waals surface area (Å²) in [7, 11) is 0. The average Bonchev–Trinajstić information content (AvgIpc) is 2.58. The molecule has 0 saturated heterocycles. The predicted octanol–water partition coefficient (Wildman–Crippen LogP) is 0.0181. The van der Waals surface area contributed by atoms with Crippen LogP contribution in [0.4, 0.5) is 4.39 Å². The largest absolute Gasteiger partial charge is 0.493 e. The molecule has 1 aromatic rings. The molecule has 0 radical (unpaired) electrons. The number of nitrogens with one attached hydrogen (secondary N) is 2. The Morgan fingerprint density at radius 3 is 2.65 bits per heavy atom. The first-order valence-electron chi connectivity index (χ1n) is 6.53. The van der Waals surface area contributed by atoms with Crippen LogP contribution in [0.25, 0.3) is 0 Å². The number of carbonyl (C=O) groups is 3. The van der Waals surface area contributed by atoms with E-state index in [0.29, 0.717) is 6.61 Å². The average molecular weight is 324 g/mol. The van der Waals surface area contributed by atoms with E-state index in [1.807, 2.05) is 10.9 Å². The molecule has 0 spiro atoms. The van der Waals surface area contributed by atoms with Crippen LogP contribution in [-0.2, 0) is 23.8 Å². The second-order valence-corrected chi connectivity index (χ2v) is 4.26. The molecule has 0 fully saturated rings. The van der Waals surface area contributed by atoms with Crippen molar-refractivity contribution < 1.29 is 33.0 Å². The van der Waals surface area contributed by atoms with Crippen LogP contribution in [0.2, 0.25) is 0 Å². The Morgan fingerprint density at radius 1 is 1.17 bits per heavy atom. The quantitative estimate of drug-likeness (QED) is 0.598. The molecule has 0 unspecified atom stereocenters. The minimum absolute atomic E-state index is 0.153. The van der Waals surface area contributed by atoms with Crippen LogP contribution in [0, 0.1) is 5.82 Å². The van der Waals surface area contributed by atoms with Crippen LogP contribution in [0.1, 0.15) is 10.4 Å². The molecule has 0 atom stereocenters. The monoisotopic (exact) mass is 324 g/mol. The zero-order chi connectivity index (χ0) is 16.7. The van der Waals surface area contributed by atoms with Gasteiger partial charge in [0.15, 0.2) is 6.61 Å². The van der Waals surface area contributed by atoms with Crippen LogP contribution in [0.15, 0.2) is 36.3 Å². The molecule has 0 saturated carbocycles. The molecule has 1 aromatic carbocycles. The van der Waals surface area contributed by atoms with Crippen LogP contribution in [0.5, 0.6) is 0 Å². The predicted molar refractivity (Wildman–Crippen MR) is 73.0 cm³/mol. The first-order chi connectivity index (χ1) is 11.1. The van der Waals surface area contributed by atoms with Gasteiger partial charge in [0, 0.05) is 0 Å². The van der Waals surface area contributed by atoms with Gasteiger partial charge in [0.1, 0.15) is 25.3 Å². The van der Waals surface area contributed by atoms with Gasteiger partial charge in [-0.1, -0.05) is 12.1 Å². The molecule has 2 N–H and O–H groups in total. The Balaban J connectivity index is 1.75. The minimum Gasteiger partial charge on any atom is -0.493 e. The fraction of sp³-hybridized carbons (Fsp3) is 0.214. The van der Waals surface area contributed by atoms with E-state index in [1.54, 1.807) is 0 Å². The maximum Gasteiger partial charge on any atom is 0.377 e. The van der Waals surface area contributed by atoms with Gasteiger partial charge in [0.05, 0.1) is 5.56 Å². The van der Waals surface area contributed by atoms with Crippen molar-refractivity contribution in [1.82, 2.24) is 10.9 Å². The molecule has 23 heavy (non-hydrogen) atoms. The van der Waals surface area contributed by atoms with Crippen molar-refractivity contribution in [3.05, 3.63) is 47.7 Å². The highest BCUT2D eigenvalue weighted by atomic mass is 19.1. The zero-order valence-electron chi connectivity index (χ0n) is 11.8. The summed E-state index contributed by atoms with van der Waals surface area (Å²) in [5, 5.41) is 0. The van der Waals surface area contributed by atoms with Gasteiger partial charge in [0.25, 0.3) is 11.8 Å². The molecule has 8 nitrogen and oxygen atoms in total. The van der Waals surface area contributed by atoms with Crippen molar-refractivity contribution in [2.75, 3.05) is 19.8 Å². The molecule has 2 amide bonds. The lowest BCUT2D eigenvalue weighted by Gasteiger charge is -2.14. The lowest BCUT2D eigenvalue weighted by atomic mass is 10.2. The third-order valence-electron chi connectivity index (χ3n) is 2.62. The Kier molecular flexibility index (Phi) is 5.50. The van der Waals surface area contributed by atoms with E-state index >= 15 is 0 Å². The first-order valence-corrected chi connectivity index (χ1v) is 6.53. The summed E-state index contributed by atoms with van der Waals surface area (Å²) >= 11 is 0. The van der Waals surface area contributed by atoms with Gasteiger partial charge >= 0.3 is 5.97 Å². The van der Waals surface area contributed by atoms with Gasteiger partial charge in [-0.3, -0.25) is 20.4 Å². The van der Waals surface area contributed by atoms with Crippen molar-refractivity contribution >= 4 is 17.8 Å². The number of halogens is 1. The Bertz CT molecular complexity index is 646. The Morgan fingerprint density at radius 2 is 1.96 bits per heavy atom. The summed E-state index contributed by atoms with van der Waals surface area (Å²) in [6.07, 6.45) is 1.09. The van der Waals surface area contributed by atoms with E-state index in [1.165, 1.54) is 18.2 Å². The molecule has 0 bridgehead atoms. The maximum absolute atomic E-state index is 13.3. The highest BCUT2D eigenvalue weighted by Gasteiger charge is 2.18. The van der Waals surface area contributed by atoms with Crippen LogP contribution < -0.4 is 10.9 Å². The number of carbonyl (C=O) groups excluding carboxylic acids is 3. The Labute approximate surface area is 130 Å². The van der Waals surface area contributed by atoms with Gasteiger partial charge in [-0.05, 0) is 12.1 Å². The number of hydrogen-bond donors (Lipinski definition) is 2. The van der Waals surface area contributed by atoms with Crippen LogP contribution in [-0.4, -0.2) is 37.6 Å². The summed E-state index contributed by atoms with van der Waals surface area (Å²) in [5.74, 6) is -3.40. The number of hydrazine groups is 1. The van der Waals surface area contributed by atoms with Crippen molar-refractivity contribution in [3.63, 3.8) is 0 Å². The second-order valence-electron chi connectivity index (χ2n) is 4.26. The van der Waals surface area contributed by atoms with E-state index < -0.39 is 30.2 Å². The molecule has 1 aliphatic rings. The highest BCUT2D eigenvalue weighted by Crippen LogP contribution is 2.06. The number of hydrogen-bond acceptors (Lipinski definition) is 6. The molecule has 122 valence electrons. The molecule has 0 aromatic heterocycles. The SMILES string of the molecule is O=C(COC(=O)C1=COCCO1)NNC(=O)c1ccccc1F. The summed E-state index contributed by atoms with van der Waals surface area (Å²) < 4.78 is 27.8. The maximum atomic E-state index is 13.3. The van der Waals surface area contributed by atoms with E-state index in [9.17, 15) is 18.8 Å². The van der Waals surface area contributed by atoms with Crippen LogP contribution >= 0.6 is 0 Å². The van der Waals surface area contributed by atoms with E-state index in [4.69, 9.17) is 9.47 Å². The Hall–Kier alpha value is -3.10. The van der Waals surface area contributed by atoms with Gasteiger partial charge in [-0.2, -0.15) is 0 Å². The normalized spacial score (nSPS) is 13.0. The van der Waals surface area contributed by atoms with E-state index in [0.717, 1.165) is 12.3 Å². The molecule has 2 rings (SSSR count). The standard InChI is InChI=1S/C14H13FN2O6/c15-10-4-2-1-3-9(10)13(19)17-16-12(18)8-23-14(20)11-7-21-5-6-22-11/h1-4,7H,5-6,8H2,(H,16,18)(H,17,19). The molecule has 1 heterocycles. The highest BCUT2D eigenvalue weighted by molar-refractivity contribution is 5.96. The number of ether oxygens (including phenoxy) is 3. The van der Waals surface area contributed by atoms with E-state index in [-0.39, 0.29) is 17.9 Å². The third kappa shape index (κ3) is 4.70. The minimum atomic E-state index is -0.875. The van der Waals surface area contributed by atoms with Crippen molar-refractivity contribution in [3.8, 4) is 0 Å². The summed E-state index contributed by atoms with van der Waals surface area (Å²) in [6.45, 7) is -0.137. The number of benzene rings is 1. The fourth-order valence-electron chi connectivity index (χ4n) is 1.55. The molecule has 0 aliphatic carbocycles. The lowest BCUT2D eigenvalue weighted by Crippen LogP contribution is -2.44. The second kappa shape index (κ2) is 7.78. The smallest absolute Gasteiger partial charge is 0.377 e. The van der Waals surface area contributed by atoms with Crippen LogP contribution in [0.3, 0.4) is 0 Å². The third-order valence-corrected chi connectivity index (χ3v) is 2.62. The fourth-order valence-corrected chi connectivity index (χ4v) is 1.55. The first kappa shape index (κ1) is 16.3. The van der Waals surface area contributed by atoms with Gasteiger partial charge < -0.3 is 14.2 Å². The zero-order valence-corrected chi connectivity index (χ0v) is 11.8. The topological polar surface area (TPSA) is 103 Å². The summed E-state index contributed by atoms with van der Waals surface area (Å²) in [4.78, 5) is 34.6. The number of rotatable bonds is 4. The summed E-state index contributed by atoms with van der Waals surface area (Å²) in [5.41, 5.74) is 3.76. The molecular formula is C14H13FN2O6. The van der Waals surface area contributed by atoms with Crippen molar-refractivity contribution in [1.29, 1.82) is 0 Å². The molecular weight excluding hydrogens is 311 g/mol. The number of esters is 1. The van der Waals surface area contributed by atoms with Gasteiger partial charge in [-0.15, -0.1) is 0 Å². The van der Waals surface area contributed by atoms with E-state index in [2.05, 4.69) is 4.74 Å². The lowest BCUT2D eigenvalue weighted by molar-refractivity contribution is -0.149. The van der Waals surface area contributed by atoms with Crippen molar-refractivity contribution in [2.45, 2.75) is 0 Å².